The van der Waals surface area contributed by atoms with Crippen molar-refractivity contribution in [1.82, 2.24) is 20.6 Å². The number of benzene rings is 1. The van der Waals surface area contributed by atoms with E-state index in [0.717, 1.165) is 11.3 Å². The average Bonchev–Trinajstić information content (AvgIpc) is 3.28. The quantitative estimate of drug-likeness (QED) is 0.723. The summed E-state index contributed by atoms with van der Waals surface area (Å²) in [5.74, 6) is 1.80. The summed E-state index contributed by atoms with van der Waals surface area (Å²) in [5, 5.41) is 10.5. The molecule has 0 aliphatic carbocycles. The summed E-state index contributed by atoms with van der Waals surface area (Å²) in [7, 11) is 1.60. The number of carbonyl (C=O) groups excluding carboxylic acids is 1. The molecule has 0 aliphatic heterocycles. The van der Waals surface area contributed by atoms with Gasteiger partial charge in [0.1, 0.15) is 11.8 Å². The molecule has 0 saturated carbocycles. The molecule has 1 aromatic carbocycles. The van der Waals surface area contributed by atoms with Crippen LogP contribution < -0.4 is 10.1 Å². The van der Waals surface area contributed by atoms with Gasteiger partial charge in [0.05, 0.1) is 7.11 Å². The van der Waals surface area contributed by atoms with Gasteiger partial charge in [-0.1, -0.05) is 24.2 Å². The number of nitrogens with zero attached hydrogens (tertiary/aromatic N) is 3. The molecule has 0 spiro atoms. The van der Waals surface area contributed by atoms with Crippen LogP contribution in [0.3, 0.4) is 0 Å². The maximum Gasteiger partial charge on any atom is 0.274 e. The summed E-state index contributed by atoms with van der Waals surface area (Å²) in [5.41, 5.74) is 0.975. The topological polar surface area (TPSA) is 103 Å². The predicted octanol–water partition coefficient (Wildman–Crippen LogP) is 3.17. The Morgan fingerprint density at radius 1 is 1.15 bits per heavy atom. The Morgan fingerprint density at radius 2 is 1.88 bits per heavy atom. The van der Waals surface area contributed by atoms with Crippen molar-refractivity contribution < 1.29 is 18.6 Å². The van der Waals surface area contributed by atoms with Crippen LogP contribution in [0.4, 0.5) is 0 Å². The van der Waals surface area contributed by atoms with E-state index in [9.17, 15) is 4.79 Å². The lowest BCUT2D eigenvalue weighted by Gasteiger charge is -2.17. The number of aromatic nitrogens is 3. The van der Waals surface area contributed by atoms with Gasteiger partial charge >= 0.3 is 0 Å². The van der Waals surface area contributed by atoms with Crippen LogP contribution in [0.15, 0.2) is 39.4 Å². The molecular formula is C18H20N4O4. The second-order valence-corrected chi connectivity index (χ2v) is 6.18. The lowest BCUT2D eigenvalue weighted by molar-refractivity contribution is 0.0904. The highest BCUT2D eigenvalue weighted by Gasteiger charge is 2.26. The number of ether oxygens (including phenoxy) is 1. The fourth-order valence-electron chi connectivity index (χ4n) is 2.44. The number of methoxy groups -OCH3 is 1. The molecule has 0 fully saturated rings. The third kappa shape index (κ3) is 3.74. The van der Waals surface area contributed by atoms with Crippen molar-refractivity contribution in [1.29, 1.82) is 0 Å². The smallest absolute Gasteiger partial charge is 0.274 e. The van der Waals surface area contributed by atoms with Gasteiger partial charge in [-0.05, 0) is 37.1 Å². The Hall–Kier alpha value is -3.16. The monoisotopic (exact) mass is 356 g/mol. The molecule has 0 radical (unpaired) electrons. The fourth-order valence-corrected chi connectivity index (χ4v) is 2.44. The van der Waals surface area contributed by atoms with E-state index in [0.29, 0.717) is 17.5 Å². The van der Waals surface area contributed by atoms with Crippen LogP contribution in [-0.2, 0) is 0 Å². The number of rotatable bonds is 6. The molecule has 8 nitrogen and oxygen atoms in total. The second kappa shape index (κ2) is 7.38. The Morgan fingerprint density at radius 3 is 2.46 bits per heavy atom. The van der Waals surface area contributed by atoms with Crippen LogP contribution >= 0.6 is 0 Å². The normalized spacial score (nSPS) is 12.2. The molecule has 0 bridgehead atoms. The SMILES string of the molecule is COc1ccc(-c2cc(C(=O)NC(c3nc(C)no3)C(C)C)no2)cc1. The molecule has 136 valence electrons. The highest BCUT2D eigenvalue weighted by Crippen LogP contribution is 2.24. The Bertz CT molecular complexity index is 883. The maximum atomic E-state index is 12.5. The maximum absolute atomic E-state index is 12.5. The first-order valence-corrected chi connectivity index (χ1v) is 8.20. The van der Waals surface area contributed by atoms with Gasteiger partial charge in [-0.3, -0.25) is 4.79 Å². The summed E-state index contributed by atoms with van der Waals surface area (Å²) in [6, 6.07) is 8.46. The van der Waals surface area contributed by atoms with Crippen molar-refractivity contribution in [3.63, 3.8) is 0 Å². The minimum absolute atomic E-state index is 0.0618. The van der Waals surface area contributed by atoms with Gasteiger partial charge in [-0.25, -0.2) is 0 Å². The Kier molecular flexibility index (Phi) is 5.01. The molecule has 1 amide bonds. The van der Waals surface area contributed by atoms with E-state index < -0.39 is 6.04 Å². The number of aryl methyl sites for hydroxylation is 1. The van der Waals surface area contributed by atoms with Gasteiger partial charge in [0, 0.05) is 11.6 Å². The Balaban J connectivity index is 1.76. The summed E-state index contributed by atoms with van der Waals surface area (Å²) in [6.07, 6.45) is 0. The van der Waals surface area contributed by atoms with E-state index in [1.165, 1.54) is 0 Å². The lowest BCUT2D eigenvalue weighted by atomic mass is 10.0. The minimum atomic E-state index is -0.412. The van der Waals surface area contributed by atoms with Gasteiger partial charge in [-0.15, -0.1) is 0 Å². The fraction of sp³-hybridized carbons (Fsp3) is 0.333. The summed E-state index contributed by atoms with van der Waals surface area (Å²) in [6.45, 7) is 5.64. The lowest BCUT2D eigenvalue weighted by Crippen LogP contribution is -2.32. The van der Waals surface area contributed by atoms with Crippen molar-refractivity contribution in [2.24, 2.45) is 5.92 Å². The van der Waals surface area contributed by atoms with Crippen molar-refractivity contribution in [2.45, 2.75) is 26.8 Å². The first-order valence-electron chi connectivity index (χ1n) is 8.20. The summed E-state index contributed by atoms with van der Waals surface area (Å²) < 4.78 is 15.6. The molecule has 0 aliphatic rings. The number of amides is 1. The van der Waals surface area contributed by atoms with E-state index in [-0.39, 0.29) is 17.5 Å². The van der Waals surface area contributed by atoms with Crippen LogP contribution in [0.2, 0.25) is 0 Å². The van der Waals surface area contributed by atoms with E-state index in [4.69, 9.17) is 13.8 Å². The summed E-state index contributed by atoms with van der Waals surface area (Å²) >= 11 is 0. The average molecular weight is 356 g/mol. The van der Waals surface area contributed by atoms with Gasteiger partial charge in [0.2, 0.25) is 5.89 Å². The van der Waals surface area contributed by atoms with Gasteiger partial charge in [0.15, 0.2) is 17.3 Å². The highest BCUT2D eigenvalue weighted by molar-refractivity contribution is 5.93. The van der Waals surface area contributed by atoms with Crippen molar-refractivity contribution in [3.05, 3.63) is 47.7 Å². The zero-order chi connectivity index (χ0) is 18.7. The molecule has 1 N–H and O–H groups in total. The van der Waals surface area contributed by atoms with Crippen LogP contribution in [0.5, 0.6) is 5.75 Å². The van der Waals surface area contributed by atoms with Gasteiger partial charge in [0.25, 0.3) is 5.91 Å². The predicted molar refractivity (Wildman–Crippen MR) is 92.6 cm³/mol. The number of hydrogen-bond acceptors (Lipinski definition) is 7. The van der Waals surface area contributed by atoms with Crippen molar-refractivity contribution >= 4 is 5.91 Å². The van der Waals surface area contributed by atoms with Crippen molar-refractivity contribution in [3.8, 4) is 17.1 Å². The third-order valence-electron chi connectivity index (χ3n) is 3.88. The Labute approximate surface area is 150 Å². The molecule has 0 saturated heterocycles. The molecule has 3 rings (SSSR count). The molecule has 1 unspecified atom stereocenters. The third-order valence-corrected chi connectivity index (χ3v) is 3.88. The van der Waals surface area contributed by atoms with E-state index >= 15 is 0 Å². The number of carbonyl (C=O) groups is 1. The number of hydrogen-bond donors (Lipinski definition) is 1. The van der Waals surface area contributed by atoms with E-state index in [1.807, 2.05) is 38.1 Å². The number of nitrogens with one attached hydrogen (secondary N) is 1. The minimum Gasteiger partial charge on any atom is -0.497 e. The zero-order valence-corrected chi connectivity index (χ0v) is 15.0. The molecule has 1 atom stereocenters. The van der Waals surface area contributed by atoms with Crippen LogP contribution in [0.1, 0.15) is 42.1 Å². The van der Waals surface area contributed by atoms with E-state index in [2.05, 4.69) is 20.6 Å². The van der Waals surface area contributed by atoms with Crippen LogP contribution in [0, 0.1) is 12.8 Å². The van der Waals surface area contributed by atoms with Crippen LogP contribution in [0.25, 0.3) is 11.3 Å². The van der Waals surface area contributed by atoms with E-state index in [1.54, 1.807) is 20.1 Å². The molecule has 8 heteroatoms. The summed E-state index contributed by atoms with van der Waals surface area (Å²) in [4.78, 5) is 16.7. The van der Waals surface area contributed by atoms with Gasteiger partial charge < -0.3 is 19.1 Å². The second-order valence-electron chi connectivity index (χ2n) is 6.18. The molecule has 2 heterocycles. The largest absolute Gasteiger partial charge is 0.497 e. The first-order chi connectivity index (χ1) is 12.5. The zero-order valence-electron chi connectivity index (χ0n) is 15.0. The molecule has 2 aromatic heterocycles. The van der Waals surface area contributed by atoms with Gasteiger partial charge in [-0.2, -0.15) is 4.98 Å². The molecule has 26 heavy (non-hydrogen) atoms. The first kappa shape index (κ1) is 17.7. The highest BCUT2D eigenvalue weighted by atomic mass is 16.5. The molecular weight excluding hydrogens is 336 g/mol. The standard InChI is InChI=1S/C18H20N4O4/c1-10(2)16(18-19-11(3)21-26-18)20-17(23)14-9-15(25-22-14)12-5-7-13(24-4)8-6-12/h5-10,16H,1-4H3,(H,20,23). The molecule has 3 aromatic rings. The van der Waals surface area contributed by atoms with Crippen LogP contribution in [-0.4, -0.2) is 28.3 Å². The van der Waals surface area contributed by atoms with Crippen molar-refractivity contribution in [2.75, 3.05) is 7.11 Å².